The van der Waals surface area contributed by atoms with Crippen LogP contribution in [0.2, 0.25) is 0 Å². The second-order valence-corrected chi connectivity index (χ2v) is 10.1. The van der Waals surface area contributed by atoms with Gasteiger partial charge in [0, 0.05) is 62.0 Å². The van der Waals surface area contributed by atoms with Gasteiger partial charge >= 0.3 is 6.09 Å². The number of hydrogen-bond acceptors (Lipinski definition) is 7. The van der Waals surface area contributed by atoms with E-state index >= 15 is 0 Å². The van der Waals surface area contributed by atoms with Gasteiger partial charge in [-0.25, -0.2) is 14.1 Å². The molecule has 3 aromatic rings. The minimum atomic E-state index is -0.650. The summed E-state index contributed by atoms with van der Waals surface area (Å²) in [5, 5.41) is 3.12. The van der Waals surface area contributed by atoms with Crippen LogP contribution >= 0.6 is 11.3 Å². The van der Waals surface area contributed by atoms with Crippen molar-refractivity contribution in [3.63, 3.8) is 0 Å². The normalized spacial score (nSPS) is 16.4. The summed E-state index contributed by atoms with van der Waals surface area (Å²) in [7, 11) is 1.53. The van der Waals surface area contributed by atoms with Gasteiger partial charge in [0.05, 0.1) is 12.3 Å². The maximum atomic E-state index is 14.1. The summed E-state index contributed by atoms with van der Waals surface area (Å²) >= 11 is 1.57. The molecular formula is C27H30FN3O4S. The lowest BCUT2D eigenvalue weighted by atomic mass is 9.98. The molecule has 0 N–H and O–H groups in total. The number of carbonyl (C=O) groups excluding carboxylic acids is 2. The highest BCUT2D eigenvalue weighted by atomic mass is 32.1. The molecule has 0 aliphatic carbocycles. The molecule has 190 valence electrons. The quantitative estimate of drug-likeness (QED) is 0.437. The first-order valence-electron chi connectivity index (χ1n) is 12.3. The van der Waals surface area contributed by atoms with Crippen LogP contribution in [0.4, 0.5) is 20.6 Å². The zero-order valence-electron chi connectivity index (χ0n) is 20.4. The number of benzene rings is 2. The molecule has 1 fully saturated rings. The number of halogens is 1. The highest BCUT2D eigenvalue weighted by Gasteiger charge is 2.31. The molecule has 2 aromatic carbocycles. The Labute approximate surface area is 214 Å². The van der Waals surface area contributed by atoms with E-state index in [1.165, 1.54) is 12.0 Å². The number of amides is 2. The Morgan fingerprint density at radius 3 is 2.67 bits per heavy atom. The van der Waals surface area contributed by atoms with Gasteiger partial charge in [0.2, 0.25) is 5.91 Å². The highest BCUT2D eigenvalue weighted by Crippen LogP contribution is 2.33. The van der Waals surface area contributed by atoms with E-state index in [1.54, 1.807) is 23.5 Å². The van der Waals surface area contributed by atoms with Crippen molar-refractivity contribution in [2.75, 3.05) is 62.8 Å². The Kier molecular flexibility index (Phi) is 7.50. The molecule has 0 atom stereocenters. The van der Waals surface area contributed by atoms with Crippen LogP contribution in [0.25, 0.3) is 10.1 Å². The predicted molar refractivity (Wildman–Crippen MR) is 140 cm³/mol. The van der Waals surface area contributed by atoms with Crippen LogP contribution in [-0.2, 0) is 27.1 Å². The lowest BCUT2D eigenvalue weighted by molar-refractivity contribution is -0.118. The van der Waals surface area contributed by atoms with Gasteiger partial charge in [0.15, 0.2) is 0 Å². The Bertz CT molecular complexity index is 1260. The number of piperazine rings is 1. The Hall–Kier alpha value is -3.01. The fourth-order valence-corrected chi connectivity index (χ4v) is 5.76. The van der Waals surface area contributed by atoms with Crippen molar-refractivity contribution < 1.29 is 23.5 Å². The Morgan fingerprint density at radius 2 is 1.86 bits per heavy atom. The van der Waals surface area contributed by atoms with Crippen LogP contribution in [0.5, 0.6) is 0 Å². The minimum Gasteiger partial charge on any atom is -0.446 e. The topological polar surface area (TPSA) is 62.3 Å². The van der Waals surface area contributed by atoms with E-state index < -0.39 is 6.09 Å². The smallest absolute Gasteiger partial charge is 0.421 e. The second kappa shape index (κ2) is 10.9. The SMILES string of the molecule is COCCOC(=O)N1C(=O)CCc2ccc(CCN3CCN(c4cc(F)cc5sccc45)CC3)cc21. The van der Waals surface area contributed by atoms with Gasteiger partial charge in [-0.1, -0.05) is 12.1 Å². The van der Waals surface area contributed by atoms with Gasteiger partial charge in [-0.2, -0.15) is 0 Å². The molecule has 36 heavy (non-hydrogen) atoms. The van der Waals surface area contributed by atoms with Crippen molar-refractivity contribution in [2.24, 2.45) is 0 Å². The molecule has 2 amide bonds. The Morgan fingerprint density at radius 1 is 1.03 bits per heavy atom. The van der Waals surface area contributed by atoms with Crippen LogP contribution in [0.15, 0.2) is 41.8 Å². The average molecular weight is 512 g/mol. The van der Waals surface area contributed by atoms with Crippen molar-refractivity contribution >= 4 is 44.8 Å². The lowest BCUT2D eigenvalue weighted by Crippen LogP contribution is -2.47. The van der Waals surface area contributed by atoms with Gasteiger partial charge in [-0.15, -0.1) is 11.3 Å². The first-order chi connectivity index (χ1) is 17.5. The maximum absolute atomic E-state index is 14.1. The molecule has 0 bridgehead atoms. The van der Waals surface area contributed by atoms with Gasteiger partial charge in [0.25, 0.3) is 0 Å². The zero-order valence-corrected chi connectivity index (χ0v) is 21.2. The third-order valence-corrected chi connectivity index (χ3v) is 7.75. The summed E-state index contributed by atoms with van der Waals surface area (Å²) in [6.45, 7) is 4.73. The number of aryl methyl sites for hydroxylation is 1. The van der Waals surface area contributed by atoms with Crippen LogP contribution in [0, 0.1) is 5.82 Å². The van der Waals surface area contributed by atoms with Crippen LogP contribution in [0.3, 0.4) is 0 Å². The molecule has 1 aromatic heterocycles. The number of carbonyl (C=O) groups is 2. The number of fused-ring (bicyclic) bond motifs is 2. The molecular weight excluding hydrogens is 481 g/mol. The summed E-state index contributed by atoms with van der Waals surface area (Å²) in [5.41, 5.74) is 3.65. The average Bonchev–Trinajstić information content (AvgIpc) is 3.35. The van der Waals surface area contributed by atoms with Gasteiger partial charge in [-0.05, 0) is 53.6 Å². The summed E-state index contributed by atoms with van der Waals surface area (Å²) in [6, 6.07) is 11.4. The fraction of sp³-hybridized carbons (Fsp3) is 0.407. The maximum Gasteiger partial charge on any atom is 0.421 e. The molecule has 2 aliphatic heterocycles. The van der Waals surface area contributed by atoms with E-state index in [0.717, 1.165) is 66.0 Å². The van der Waals surface area contributed by atoms with Crippen molar-refractivity contribution in [3.8, 4) is 0 Å². The van der Waals surface area contributed by atoms with E-state index in [2.05, 4.69) is 21.9 Å². The van der Waals surface area contributed by atoms with Gasteiger partial charge < -0.3 is 14.4 Å². The number of anilines is 2. The second-order valence-electron chi connectivity index (χ2n) is 9.14. The molecule has 3 heterocycles. The number of methoxy groups -OCH3 is 1. The van der Waals surface area contributed by atoms with E-state index in [-0.39, 0.29) is 24.9 Å². The number of hydrogen-bond donors (Lipinski definition) is 0. The molecule has 0 saturated carbocycles. The van der Waals surface area contributed by atoms with Crippen LogP contribution in [0.1, 0.15) is 17.5 Å². The molecule has 9 heteroatoms. The van der Waals surface area contributed by atoms with E-state index in [0.29, 0.717) is 18.5 Å². The molecule has 7 nitrogen and oxygen atoms in total. The van der Waals surface area contributed by atoms with Crippen LogP contribution in [-0.4, -0.2) is 69.9 Å². The molecule has 5 rings (SSSR count). The fourth-order valence-electron chi connectivity index (χ4n) is 4.93. The predicted octanol–water partition coefficient (Wildman–Crippen LogP) is 4.47. The summed E-state index contributed by atoms with van der Waals surface area (Å²) in [5.74, 6) is -0.430. The van der Waals surface area contributed by atoms with Gasteiger partial charge in [-0.3, -0.25) is 9.69 Å². The number of thiophene rings is 1. The number of imide groups is 1. The van der Waals surface area contributed by atoms with Crippen molar-refractivity contribution in [2.45, 2.75) is 19.3 Å². The lowest BCUT2D eigenvalue weighted by Gasteiger charge is -2.36. The summed E-state index contributed by atoms with van der Waals surface area (Å²) in [6.07, 6.45) is 1.07. The number of rotatable bonds is 7. The van der Waals surface area contributed by atoms with Crippen molar-refractivity contribution in [1.82, 2.24) is 4.90 Å². The van der Waals surface area contributed by atoms with E-state index in [1.807, 2.05) is 17.5 Å². The molecule has 0 unspecified atom stereocenters. The third-order valence-electron chi connectivity index (χ3n) is 6.89. The zero-order chi connectivity index (χ0) is 25.1. The third kappa shape index (κ3) is 5.23. The van der Waals surface area contributed by atoms with Crippen LogP contribution < -0.4 is 9.80 Å². The highest BCUT2D eigenvalue weighted by molar-refractivity contribution is 7.17. The van der Waals surface area contributed by atoms with Crippen molar-refractivity contribution in [1.29, 1.82) is 0 Å². The van der Waals surface area contributed by atoms with Crippen molar-refractivity contribution in [3.05, 3.63) is 58.7 Å². The number of nitrogens with zero attached hydrogens (tertiary/aromatic N) is 3. The summed E-state index contributed by atoms with van der Waals surface area (Å²) in [4.78, 5) is 31.0. The van der Waals surface area contributed by atoms with E-state index in [9.17, 15) is 14.0 Å². The van der Waals surface area contributed by atoms with Gasteiger partial charge in [0.1, 0.15) is 12.4 Å². The minimum absolute atomic E-state index is 0.105. The first-order valence-corrected chi connectivity index (χ1v) is 13.2. The van der Waals surface area contributed by atoms with E-state index in [4.69, 9.17) is 9.47 Å². The molecule has 1 saturated heterocycles. The first kappa shape index (κ1) is 24.7. The molecule has 2 aliphatic rings. The standard InChI is InChI=1S/C27H30FN3O4S/c1-34-13-14-35-27(33)31-23-16-19(2-3-20(23)4-5-26(31)32)6-8-29-9-11-30(12-10-29)24-17-21(28)18-25-22(24)7-15-36-25/h2-3,7,15-18H,4-6,8-14H2,1H3. The monoisotopic (exact) mass is 511 g/mol. The Balaban J connectivity index is 1.21. The molecule has 0 spiro atoms. The molecule has 0 radical (unpaired) electrons. The summed E-state index contributed by atoms with van der Waals surface area (Å²) < 4.78 is 25.3. The number of ether oxygens (including phenoxy) is 2. The largest absolute Gasteiger partial charge is 0.446 e.